The molecule has 1 heterocycles. The van der Waals surface area contributed by atoms with E-state index in [1.807, 2.05) is 30.3 Å². The molecule has 2 N–H and O–H groups in total. The van der Waals surface area contributed by atoms with Crippen molar-refractivity contribution in [1.82, 2.24) is 5.32 Å². The number of hydrogen-bond donors (Lipinski definition) is 2. The molecule has 3 aromatic rings. The van der Waals surface area contributed by atoms with E-state index in [1.165, 1.54) is 14.2 Å². The Kier molecular flexibility index (Phi) is 8.06. The van der Waals surface area contributed by atoms with Gasteiger partial charge in [-0.15, -0.1) is 0 Å². The lowest BCUT2D eigenvalue weighted by atomic mass is 9.71. The highest BCUT2D eigenvalue weighted by molar-refractivity contribution is 6.34. The van der Waals surface area contributed by atoms with Crippen LogP contribution in [0.2, 0.25) is 5.02 Å². The number of carbonyl (C=O) groups is 2. The molecule has 1 aliphatic carbocycles. The summed E-state index contributed by atoms with van der Waals surface area (Å²) < 4.78 is 51.4. The maximum atomic E-state index is 13.9. The largest absolute Gasteiger partial charge is 0.497 e. The van der Waals surface area contributed by atoms with Crippen molar-refractivity contribution >= 4 is 29.0 Å². The molecule has 3 aromatic carbocycles. The highest BCUT2D eigenvalue weighted by Crippen LogP contribution is 2.48. The number of rotatable bonds is 6. The molecular weight excluding hydrogens is 569 g/mol. The third-order valence-corrected chi connectivity index (χ3v) is 7.96. The van der Waals surface area contributed by atoms with Gasteiger partial charge in [0.2, 0.25) is 0 Å². The van der Waals surface area contributed by atoms with E-state index in [-0.39, 0.29) is 34.4 Å². The minimum absolute atomic E-state index is 0.0618. The highest BCUT2D eigenvalue weighted by atomic mass is 35.5. The van der Waals surface area contributed by atoms with Crippen LogP contribution in [0, 0.1) is 0 Å². The molecule has 1 amide bonds. The number of halogens is 4. The number of carbonyl (C=O) groups excluding carboxylic acids is 2. The lowest BCUT2D eigenvalue weighted by Gasteiger charge is -2.37. The minimum Gasteiger partial charge on any atom is -0.497 e. The summed E-state index contributed by atoms with van der Waals surface area (Å²) >= 11 is 6.20. The molecule has 0 radical (unpaired) electrons. The molecule has 42 heavy (non-hydrogen) atoms. The molecule has 0 bridgehead atoms. The van der Waals surface area contributed by atoms with Crippen molar-refractivity contribution in [3.05, 3.63) is 111 Å². The number of amides is 1. The maximum Gasteiger partial charge on any atom is 0.416 e. The zero-order chi connectivity index (χ0) is 30.2. The summed E-state index contributed by atoms with van der Waals surface area (Å²) in [6, 6.07) is 17.5. The van der Waals surface area contributed by atoms with E-state index in [1.54, 1.807) is 25.1 Å². The summed E-state index contributed by atoms with van der Waals surface area (Å²) in [5, 5.41) is 5.77. The van der Waals surface area contributed by atoms with E-state index in [0.717, 1.165) is 23.8 Å². The molecule has 218 valence electrons. The third-order valence-electron chi connectivity index (χ3n) is 7.63. The number of ether oxygens (including phenoxy) is 2. The van der Waals surface area contributed by atoms with E-state index in [4.69, 9.17) is 21.1 Å². The molecule has 2 aliphatic rings. The second-order valence-electron chi connectivity index (χ2n) is 10.2. The summed E-state index contributed by atoms with van der Waals surface area (Å²) in [5.74, 6) is -0.911. The smallest absolute Gasteiger partial charge is 0.416 e. The summed E-state index contributed by atoms with van der Waals surface area (Å²) in [5.41, 5.74) is 2.06. The molecule has 10 heteroatoms. The first-order valence-electron chi connectivity index (χ1n) is 13.2. The number of Topliss-reactive ketones (excluding diaryl/α,β-unsaturated/α-hetero) is 1. The van der Waals surface area contributed by atoms with Crippen LogP contribution in [-0.2, 0) is 15.8 Å². The molecule has 0 saturated carbocycles. The molecule has 0 saturated heterocycles. The van der Waals surface area contributed by atoms with Gasteiger partial charge in [-0.3, -0.25) is 9.59 Å². The molecule has 0 fully saturated rings. The Hall–Kier alpha value is -4.24. The number of dihydropyridines is 1. The first-order chi connectivity index (χ1) is 20.0. The number of allylic oxidation sites excluding steroid dienone is 3. The second kappa shape index (κ2) is 11.6. The van der Waals surface area contributed by atoms with E-state index in [0.29, 0.717) is 40.5 Å². The molecular formula is C32H28ClF3N2O4. The van der Waals surface area contributed by atoms with Gasteiger partial charge in [-0.2, -0.15) is 13.2 Å². The van der Waals surface area contributed by atoms with E-state index in [9.17, 15) is 22.8 Å². The predicted molar refractivity (Wildman–Crippen MR) is 154 cm³/mol. The molecule has 6 nitrogen and oxygen atoms in total. The van der Waals surface area contributed by atoms with Crippen molar-refractivity contribution < 1.29 is 32.2 Å². The number of ketones is 1. The van der Waals surface area contributed by atoms with Crippen LogP contribution in [0.3, 0.4) is 0 Å². The number of methoxy groups -OCH3 is 2. The Bertz CT molecular complexity index is 1620. The van der Waals surface area contributed by atoms with Gasteiger partial charge in [-0.1, -0.05) is 41.9 Å². The van der Waals surface area contributed by atoms with Crippen LogP contribution in [0.1, 0.15) is 48.3 Å². The molecule has 2 unspecified atom stereocenters. The van der Waals surface area contributed by atoms with Crippen molar-refractivity contribution in [1.29, 1.82) is 0 Å². The molecule has 2 atom stereocenters. The zero-order valence-electron chi connectivity index (χ0n) is 23.1. The Labute approximate surface area is 246 Å². The predicted octanol–water partition coefficient (Wildman–Crippen LogP) is 7.38. The standard InChI is InChI=1S/C32H28ClF3N2O4/c1-17-28(31(40)38-24-15-20(32(34,35)36)9-11-23(24)33)29(22-16-21(41-2)10-12-27(22)42-3)30-25(37-17)13-19(14-26(30)39)18-7-5-4-6-8-18/h4-12,15-16,19,29,37H,13-14H2,1-3H3,(H,38,40). The first kappa shape index (κ1) is 29.3. The van der Waals surface area contributed by atoms with E-state index in [2.05, 4.69) is 10.6 Å². The van der Waals surface area contributed by atoms with Crippen molar-refractivity contribution in [3.63, 3.8) is 0 Å². The van der Waals surface area contributed by atoms with Gasteiger partial charge in [0.25, 0.3) is 5.91 Å². The summed E-state index contributed by atoms with van der Waals surface area (Å²) in [6.07, 6.45) is -3.88. The fourth-order valence-electron chi connectivity index (χ4n) is 5.66. The van der Waals surface area contributed by atoms with Gasteiger partial charge >= 0.3 is 6.18 Å². The maximum absolute atomic E-state index is 13.9. The van der Waals surface area contributed by atoms with Gasteiger partial charge in [-0.05, 0) is 61.2 Å². The molecule has 5 rings (SSSR count). The SMILES string of the molecule is COc1ccc(OC)c(C2C(C(=O)Nc3cc(C(F)(F)F)ccc3Cl)=C(C)NC3=C2C(=O)CC(c2ccccc2)C3)c1. The summed E-state index contributed by atoms with van der Waals surface area (Å²) in [6.45, 7) is 1.70. The Balaban J connectivity index is 1.62. The zero-order valence-corrected chi connectivity index (χ0v) is 23.8. The number of benzene rings is 3. The molecule has 1 aliphatic heterocycles. The van der Waals surface area contributed by atoms with Crippen LogP contribution in [0.25, 0.3) is 0 Å². The fourth-order valence-corrected chi connectivity index (χ4v) is 5.83. The van der Waals surface area contributed by atoms with Gasteiger partial charge in [0.15, 0.2) is 5.78 Å². The number of hydrogen-bond acceptors (Lipinski definition) is 5. The Morgan fingerprint density at radius 2 is 1.74 bits per heavy atom. The normalized spacial score (nSPS) is 18.8. The van der Waals surface area contributed by atoms with Gasteiger partial charge in [-0.25, -0.2) is 0 Å². The number of alkyl halides is 3. The second-order valence-corrected chi connectivity index (χ2v) is 10.6. The lowest BCUT2D eigenvalue weighted by Crippen LogP contribution is -2.37. The van der Waals surface area contributed by atoms with Gasteiger partial charge in [0, 0.05) is 34.5 Å². The van der Waals surface area contributed by atoms with E-state index >= 15 is 0 Å². The first-order valence-corrected chi connectivity index (χ1v) is 13.6. The van der Waals surface area contributed by atoms with Crippen molar-refractivity contribution in [3.8, 4) is 11.5 Å². The van der Waals surface area contributed by atoms with Crippen LogP contribution < -0.4 is 20.1 Å². The van der Waals surface area contributed by atoms with Crippen LogP contribution in [0.15, 0.2) is 89.3 Å². The van der Waals surface area contributed by atoms with Gasteiger partial charge in [0.05, 0.1) is 36.4 Å². The van der Waals surface area contributed by atoms with Crippen molar-refractivity contribution in [2.75, 3.05) is 19.5 Å². The molecule has 0 spiro atoms. The van der Waals surface area contributed by atoms with Gasteiger partial charge in [0.1, 0.15) is 11.5 Å². The summed E-state index contributed by atoms with van der Waals surface area (Å²) in [4.78, 5) is 27.9. The van der Waals surface area contributed by atoms with Crippen LogP contribution in [-0.4, -0.2) is 25.9 Å². The topological polar surface area (TPSA) is 76.7 Å². The van der Waals surface area contributed by atoms with E-state index < -0.39 is 23.6 Å². The Morgan fingerprint density at radius 1 is 1.00 bits per heavy atom. The highest BCUT2D eigenvalue weighted by Gasteiger charge is 2.42. The molecule has 0 aromatic heterocycles. The lowest BCUT2D eigenvalue weighted by molar-refractivity contribution is -0.137. The average molecular weight is 597 g/mol. The van der Waals surface area contributed by atoms with Crippen molar-refractivity contribution in [2.45, 2.75) is 37.8 Å². The summed E-state index contributed by atoms with van der Waals surface area (Å²) in [7, 11) is 2.98. The Morgan fingerprint density at radius 3 is 2.40 bits per heavy atom. The quantitative estimate of drug-likeness (QED) is 0.311. The third kappa shape index (κ3) is 5.61. The van der Waals surface area contributed by atoms with Crippen LogP contribution in [0.4, 0.5) is 18.9 Å². The van der Waals surface area contributed by atoms with Crippen LogP contribution in [0.5, 0.6) is 11.5 Å². The number of anilines is 1. The average Bonchev–Trinajstić information content (AvgIpc) is 2.96. The minimum atomic E-state index is -4.63. The van der Waals surface area contributed by atoms with Gasteiger partial charge < -0.3 is 20.1 Å². The number of nitrogens with one attached hydrogen (secondary N) is 2. The van der Waals surface area contributed by atoms with Crippen LogP contribution >= 0.6 is 11.6 Å². The monoisotopic (exact) mass is 596 g/mol. The van der Waals surface area contributed by atoms with Crippen molar-refractivity contribution in [2.24, 2.45) is 0 Å². The fraction of sp³-hybridized carbons (Fsp3) is 0.250.